The second kappa shape index (κ2) is 10.8. The SMILES string of the molecule is Cc1nc(-c2ccc3c(c2)OC(F)(F)O3)c(-c2cc(-c3cc(F)c(CO)c(S(C)(=O)=O)c3)ccc2-c2cc(CC#N)nn2C)o1. The highest BCUT2D eigenvalue weighted by molar-refractivity contribution is 7.90. The molecular formula is C31H23F3N4O6S. The Bertz CT molecular complexity index is 2150. The number of ether oxygens (including phenoxy) is 2. The maximum Gasteiger partial charge on any atom is 0.586 e. The number of sulfone groups is 1. The minimum absolute atomic E-state index is 0.0561. The standard InChI is InChI=1S/C31H23F3N4O6S/c1-16-36-29(18-5-7-26-27(12-18)44-31(33,34)43-26)30(42-16)22-10-17(4-6-21(22)25-14-20(8-9-35)37-38(25)2)19-11-24(32)23(15-39)28(13-19)45(3,40)41/h4-7,10-14,39H,8,15H2,1-3H3. The zero-order valence-electron chi connectivity index (χ0n) is 23.9. The summed E-state index contributed by atoms with van der Waals surface area (Å²) in [5.74, 6) is -0.787. The number of aliphatic hydroxyl groups is 1. The Hall–Kier alpha value is -5.13. The Morgan fingerprint density at radius 3 is 2.44 bits per heavy atom. The number of aromatic nitrogens is 3. The van der Waals surface area contributed by atoms with E-state index < -0.39 is 28.6 Å². The molecule has 0 atom stereocenters. The van der Waals surface area contributed by atoms with Crippen LogP contribution in [0.5, 0.6) is 11.5 Å². The lowest BCUT2D eigenvalue weighted by Gasteiger charge is -2.14. The number of rotatable bonds is 7. The van der Waals surface area contributed by atoms with Gasteiger partial charge in [0.05, 0.1) is 35.4 Å². The lowest BCUT2D eigenvalue weighted by Crippen LogP contribution is -2.25. The van der Waals surface area contributed by atoms with E-state index in [1.54, 1.807) is 42.9 Å². The van der Waals surface area contributed by atoms with Crippen LogP contribution in [0.1, 0.15) is 17.1 Å². The molecule has 0 saturated carbocycles. The van der Waals surface area contributed by atoms with Crippen molar-refractivity contribution in [3.8, 4) is 62.5 Å². The lowest BCUT2D eigenvalue weighted by molar-refractivity contribution is -0.286. The van der Waals surface area contributed by atoms with Gasteiger partial charge in [-0.2, -0.15) is 10.4 Å². The largest absolute Gasteiger partial charge is 0.586 e. The molecule has 1 aliphatic rings. The van der Waals surface area contributed by atoms with Gasteiger partial charge in [-0.1, -0.05) is 12.1 Å². The molecule has 2 aromatic heterocycles. The molecule has 5 aromatic rings. The summed E-state index contributed by atoms with van der Waals surface area (Å²) in [6.07, 6.45) is -2.84. The molecule has 45 heavy (non-hydrogen) atoms. The monoisotopic (exact) mass is 636 g/mol. The Labute approximate surface area is 254 Å². The summed E-state index contributed by atoms with van der Waals surface area (Å²) in [7, 11) is -2.22. The third kappa shape index (κ3) is 5.52. The Kier molecular flexibility index (Phi) is 7.18. The first-order chi connectivity index (χ1) is 21.3. The van der Waals surface area contributed by atoms with Gasteiger partial charge in [0, 0.05) is 42.5 Å². The van der Waals surface area contributed by atoms with Crippen LogP contribution in [0.25, 0.3) is 45.0 Å². The number of alkyl halides is 2. The summed E-state index contributed by atoms with van der Waals surface area (Å²) in [5, 5.41) is 23.3. The van der Waals surface area contributed by atoms with Gasteiger partial charge in [-0.05, 0) is 53.6 Å². The van der Waals surface area contributed by atoms with Crippen molar-refractivity contribution in [2.24, 2.45) is 7.05 Å². The molecule has 3 heterocycles. The van der Waals surface area contributed by atoms with Crippen LogP contribution in [0.3, 0.4) is 0 Å². The summed E-state index contributed by atoms with van der Waals surface area (Å²) < 4.78 is 84.4. The summed E-state index contributed by atoms with van der Waals surface area (Å²) in [6.45, 7) is 0.792. The molecular weight excluding hydrogens is 613 g/mol. The van der Waals surface area contributed by atoms with Crippen LogP contribution in [0.15, 0.2) is 63.9 Å². The van der Waals surface area contributed by atoms with E-state index in [1.807, 2.05) is 0 Å². The topological polar surface area (TPSA) is 140 Å². The van der Waals surface area contributed by atoms with Crippen molar-refractivity contribution < 1.29 is 40.6 Å². The molecule has 6 rings (SSSR count). The average Bonchev–Trinajstić information content (AvgIpc) is 3.63. The summed E-state index contributed by atoms with van der Waals surface area (Å²) in [4.78, 5) is 4.16. The molecule has 0 bridgehead atoms. The van der Waals surface area contributed by atoms with E-state index in [2.05, 4.69) is 25.6 Å². The van der Waals surface area contributed by atoms with Crippen molar-refractivity contribution in [3.05, 3.63) is 77.6 Å². The number of halogens is 3. The Balaban J connectivity index is 1.59. The van der Waals surface area contributed by atoms with Crippen LogP contribution >= 0.6 is 0 Å². The van der Waals surface area contributed by atoms with E-state index >= 15 is 4.39 Å². The van der Waals surface area contributed by atoms with E-state index in [4.69, 9.17) is 4.42 Å². The molecule has 0 unspecified atom stereocenters. The highest BCUT2D eigenvalue weighted by atomic mass is 32.2. The smallest absolute Gasteiger partial charge is 0.440 e. The van der Waals surface area contributed by atoms with Crippen LogP contribution in [-0.2, 0) is 29.9 Å². The molecule has 0 saturated heterocycles. The van der Waals surface area contributed by atoms with Crippen LogP contribution in [0.4, 0.5) is 13.2 Å². The molecule has 230 valence electrons. The van der Waals surface area contributed by atoms with Crippen molar-refractivity contribution in [2.75, 3.05) is 6.26 Å². The second-order valence-electron chi connectivity index (χ2n) is 10.3. The van der Waals surface area contributed by atoms with E-state index in [0.29, 0.717) is 33.6 Å². The van der Waals surface area contributed by atoms with Crippen molar-refractivity contribution in [2.45, 2.75) is 31.1 Å². The summed E-state index contributed by atoms with van der Waals surface area (Å²) in [5.41, 5.74) is 2.98. The number of nitriles is 1. The Morgan fingerprint density at radius 2 is 1.73 bits per heavy atom. The van der Waals surface area contributed by atoms with E-state index in [0.717, 1.165) is 12.3 Å². The maximum absolute atomic E-state index is 15.1. The lowest BCUT2D eigenvalue weighted by atomic mass is 9.93. The van der Waals surface area contributed by atoms with E-state index in [1.165, 1.54) is 24.3 Å². The van der Waals surface area contributed by atoms with Gasteiger partial charge in [0.1, 0.15) is 11.5 Å². The number of nitrogens with zero attached hydrogens (tertiary/aromatic N) is 4. The maximum atomic E-state index is 15.1. The molecule has 0 radical (unpaired) electrons. The number of hydrogen-bond acceptors (Lipinski definition) is 9. The molecule has 3 aromatic carbocycles. The van der Waals surface area contributed by atoms with Gasteiger partial charge >= 0.3 is 6.29 Å². The van der Waals surface area contributed by atoms with E-state index in [-0.39, 0.29) is 51.3 Å². The average molecular weight is 637 g/mol. The predicted octanol–water partition coefficient (Wildman–Crippen LogP) is 5.81. The highest BCUT2D eigenvalue weighted by Gasteiger charge is 2.43. The number of aryl methyl sites for hydroxylation is 2. The van der Waals surface area contributed by atoms with Gasteiger partial charge in [0.2, 0.25) is 0 Å². The third-order valence-electron chi connectivity index (χ3n) is 7.18. The Morgan fingerprint density at radius 1 is 1.00 bits per heavy atom. The van der Waals surface area contributed by atoms with Gasteiger partial charge in [-0.15, -0.1) is 8.78 Å². The fourth-order valence-electron chi connectivity index (χ4n) is 5.24. The predicted molar refractivity (Wildman–Crippen MR) is 154 cm³/mol. The number of fused-ring (bicyclic) bond motifs is 1. The highest BCUT2D eigenvalue weighted by Crippen LogP contribution is 2.46. The molecule has 1 aliphatic heterocycles. The fraction of sp³-hybridized carbons (Fsp3) is 0.194. The number of aliphatic hydroxyl groups excluding tert-OH is 1. The molecule has 10 nitrogen and oxygen atoms in total. The number of hydrogen-bond donors (Lipinski definition) is 1. The molecule has 0 spiro atoms. The zero-order chi connectivity index (χ0) is 32.3. The third-order valence-corrected chi connectivity index (χ3v) is 8.35. The fourth-order valence-corrected chi connectivity index (χ4v) is 6.20. The van der Waals surface area contributed by atoms with Crippen LogP contribution in [0, 0.1) is 24.1 Å². The number of oxazole rings is 1. The summed E-state index contributed by atoms with van der Waals surface area (Å²) >= 11 is 0. The normalized spacial score (nSPS) is 13.6. The minimum atomic E-state index is -3.92. The molecule has 0 amide bonds. The van der Waals surface area contributed by atoms with Crippen LogP contribution in [-0.4, -0.2) is 40.8 Å². The second-order valence-corrected chi connectivity index (χ2v) is 12.3. The van der Waals surface area contributed by atoms with Crippen molar-refractivity contribution in [1.82, 2.24) is 14.8 Å². The van der Waals surface area contributed by atoms with Gasteiger partial charge < -0.3 is 19.0 Å². The van der Waals surface area contributed by atoms with Crippen LogP contribution in [0.2, 0.25) is 0 Å². The first-order valence-electron chi connectivity index (χ1n) is 13.3. The van der Waals surface area contributed by atoms with Crippen molar-refractivity contribution >= 4 is 9.84 Å². The first-order valence-corrected chi connectivity index (χ1v) is 15.2. The van der Waals surface area contributed by atoms with Gasteiger partial charge in [-0.25, -0.2) is 17.8 Å². The van der Waals surface area contributed by atoms with Crippen molar-refractivity contribution in [1.29, 1.82) is 5.26 Å². The van der Waals surface area contributed by atoms with Gasteiger partial charge in [0.25, 0.3) is 0 Å². The molecule has 0 fully saturated rings. The molecule has 0 aliphatic carbocycles. The van der Waals surface area contributed by atoms with E-state index in [9.17, 15) is 27.6 Å². The number of benzene rings is 3. The quantitative estimate of drug-likeness (QED) is 0.234. The molecule has 1 N–H and O–H groups in total. The van der Waals surface area contributed by atoms with Gasteiger partial charge in [0.15, 0.2) is 33.0 Å². The molecule has 14 heteroatoms. The van der Waals surface area contributed by atoms with Crippen LogP contribution < -0.4 is 9.47 Å². The van der Waals surface area contributed by atoms with Crippen molar-refractivity contribution in [3.63, 3.8) is 0 Å². The zero-order valence-corrected chi connectivity index (χ0v) is 24.7. The van der Waals surface area contributed by atoms with Gasteiger partial charge in [-0.3, -0.25) is 4.68 Å². The summed E-state index contributed by atoms with van der Waals surface area (Å²) in [6, 6.07) is 15.4. The minimum Gasteiger partial charge on any atom is -0.440 e. The first kappa shape index (κ1) is 29.9.